The van der Waals surface area contributed by atoms with Gasteiger partial charge in [-0.15, -0.1) is 0 Å². The first-order valence-corrected chi connectivity index (χ1v) is 13.4. The number of carbonyl (C=O) groups is 1. The van der Waals surface area contributed by atoms with E-state index in [-0.39, 0.29) is 23.7 Å². The van der Waals surface area contributed by atoms with Gasteiger partial charge in [0.15, 0.2) is 23.3 Å². The molecule has 0 bridgehead atoms. The number of methoxy groups -OCH3 is 1. The summed E-state index contributed by atoms with van der Waals surface area (Å²) in [6, 6.07) is 10.4. The van der Waals surface area contributed by atoms with Crippen LogP contribution in [0.2, 0.25) is 5.02 Å². The van der Waals surface area contributed by atoms with E-state index >= 15 is 0 Å². The number of hydrogen-bond donors (Lipinski definition) is 1. The number of amides is 1. The predicted molar refractivity (Wildman–Crippen MR) is 151 cm³/mol. The van der Waals surface area contributed by atoms with Crippen LogP contribution in [-0.4, -0.2) is 22.8 Å². The summed E-state index contributed by atoms with van der Waals surface area (Å²) >= 11 is 9.38. The number of anilines is 1. The summed E-state index contributed by atoms with van der Waals surface area (Å²) in [5.41, 5.74) is 1.08. The maximum atomic E-state index is 14.2. The number of carbonyl (C=O) groups excluding carboxylic acids is 1. The summed E-state index contributed by atoms with van der Waals surface area (Å²) in [6.07, 6.45) is 2.82. The molecule has 3 aromatic carbocycles. The summed E-state index contributed by atoms with van der Waals surface area (Å²) in [4.78, 5) is 12.7. The van der Waals surface area contributed by atoms with Gasteiger partial charge in [0.25, 0.3) is 0 Å². The molecule has 1 heterocycles. The molecular weight excluding hydrogens is 649 g/mol. The lowest BCUT2D eigenvalue weighted by atomic mass is 10.1. The number of ether oxygens (including phenoxy) is 2. The van der Waals surface area contributed by atoms with Crippen LogP contribution in [0.1, 0.15) is 28.1 Å². The van der Waals surface area contributed by atoms with Crippen LogP contribution in [-0.2, 0) is 17.9 Å². The van der Waals surface area contributed by atoms with E-state index in [2.05, 4.69) is 26.3 Å². The number of nitrogens with one attached hydrogen (secondary N) is 1. The summed E-state index contributed by atoms with van der Waals surface area (Å²) in [6.45, 7) is 2.43. The zero-order valence-electron chi connectivity index (χ0n) is 22.3. The molecule has 4 rings (SSSR count). The van der Waals surface area contributed by atoms with Gasteiger partial charge in [0.05, 0.1) is 40.8 Å². The van der Waals surface area contributed by atoms with Crippen molar-refractivity contribution in [2.24, 2.45) is 0 Å². The normalized spacial score (nSPS) is 11.3. The number of aromatic nitrogens is 2. The van der Waals surface area contributed by atoms with Gasteiger partial charge in [0.1, 0.15) is 18.1 Å². The fourth-order valence-corrected chi connectivity index (χ4v) is 4.87. The predicted octanol–water partition coefficient (Wildman–Crippen LogP) is 7.90. The van der Waals surface area contributed by atoms with Gasteiger partial charge < -0.3 is 14.8 Å². The van der Waals surface area contributed by atoms with E-state index in [0.717, 1.165) is 4.68 Å². The van der Waals surface area contributed by atoms with Crippen LogP contribution in [0.5, 0.6) is 11.5 Å². The van der Waals surface area contributed by atoms with Crippen molar-refractivity contribution in [3.8, 4) is 11.5 Å². The van der Waals surface area contributed by atoms with E-state index in [1.807, 2.05) is 0 Å². The molecule has 220 valence electrons. The second-order valence-corrected chi connectivity index (χ2v) is 10.3. The standard InChI is InChI=1S/C29H22BrClF5N3O3/c1-14-29(15(2)39(38-14)12-19-24(32)26(34)28(36)27(35)25(19)33)37-23(40)9-5-16-4-7-21(41-3)17(10-16)13-42-22-8-6-18(31)11-20(22)30/h4-11H,12-13H2,1-3H3,(H,37,40)/b9-5-. The number of aryl methyl sites for hydroxylation is 1. The second-order valence-electron chi connectivity index (χ2n) is 9.01. The highest BCUT2D eigenvalue weighted by Gasteiger charge is 2.27. The number of nitrogens with zero attached hydrogens (tertiary/aromatic N) is 2. The largest absolute Gasteiger partial charge is 0.496 e. The van der Waals surface area contributed by atoms with E-state index in [9.17, 15) is 26.7 Å². The van der Waals surface area contributed by atoms with Crippen LogP contribution in [0, 0.1) is 42.9 Å². The third kappa shape index (κ3) is 6.60. The molecule has 42 heavy (non-hydrogen) atoms. The maximum absolute atomic E-state index is 14.2. The van der Waals surface area contributed by atoms with E-state index in [1.54, 1.807) is 42.5 Å². The van der Waals surface area contributed by atoms with Crippen molar-refractivity contribution in [3.63, 3.8) is 0 Å². The Kier molecular flexibility index (Phi) is 9.57. The topological polar surface area (TPSA) is 65.4 Å². The van der Waals surface area contributed by atoms with Crippen molar-refractivity contribution in [1.82, 2.24) is 9.78 Å². The highest BCUT2D eigenvalue weighted by Crippen LogP contribution is 2.30. The van der Waals surface area contributed by atoms with Crippen molar-refractivity contribution < 1.29 is 36.2 Å². The smallest absolute Gasteiger partial charge is 0.248 e. The third-order valence-electron chi connectivity index (χ3n) is 6.25. The number of rotatable bonds is 9. The molecule has 0 aliphatic carbocycles. The van der Waals surface area contributed by atoms with E-state index in [1.165, 1.54) is 27.0 Å². The fraction of sp³-hybridized carbons (Fsp3) is 0.172. The molecule has 13 heteroatoms. The lowest BCUT2D eigenvalue weighted by Gasteiger charge is -2.12. The Bertz CT molecular complexity index is 1680. The Morgan fingerprint density at radius 2 is 1.64 bits per heavy atom. The van der Waals surface area contributed by atoms with Gasteiger partial charge in [0, 0.05) is 16.7 Å². The van der Waals surface area contributed by atoms with Gasteiger partial charge in [-0.25, -0.2) is 22.0 Å². The van der Waals surface area contributed by atoms with Crippen molar-refractivity contribution in [1.29, 1.82) is 0 Å². The molecule has 6 nitrogen and oxygen atoms in total. The van der Waals surface area contributed by atoms with Crippen molar-refractivity contribution in [3.05, 3.63) is 109 Å². The molecule has 0 unspecified atom stereocenters. The Balaban J connectivity index is 1.49. The summed E-state index contributed by atoms with van der Waals surface area (Å²) in [5, 5.41) is 7.29. The molecule has 0 fully saturated rings. The van der Waals surface area contributed by atoms with Crippen molar-refractivity contribution >= 4 is 45.2 Å². The van der Waals surface area contributed by atoms with Gasteiger partial charge in [0.2, 0.25) is 11.7 Å². The quantitative estimate of drug-likeness (QED) is 0.0852. The molecule has 0 radical (unpaired) electrons. The Morgan fingerprint density at radius 1 is 1.00 bits per heavy atom. The molecule has 0 saturated heterocycles. The summed E-state index contributed by atoms with van der Waals surface area (Å²) in [5.74, 6) is -9.62. The first-order chi connectivity index (χ1) is 19.9. The van der Waals surface area contributed by atoms with Gasteiger partial charge in [-0.2, -0.15) is 5.10 Å². The van der Waals surface area contributed by atoms with Gasteiger partial charge >= 0.3 is 0 Å². The Morgan fingerprint density at radius 3 is 2.29 bits per heavy atom. The molecule has 1 N–H and O–H groups in total. The average Bonchev–Trinajstić information content (AvgIpc) is 3.23. The third-order valence-corrected chi connectivity index (χ3v) is 7.10. The SMILES string of the molecule is COc1ccc(/C=C\C(=O)Nc2c(C)nn(Cc3c(F)c(F)c(F)c(F)c3F)c2C)cc1COc1ccc(Cl)cc1Br. The van der Waals surface area contributed by atoms with Crippen LogP contribution in [0.25, 0.3) is 6.08 Å². The van der Waals surface area contributed by atoms with Crippen LogP contribution in [0.15, 0.2) is 46.9 Å². The lowest BCUT2D eigenvalue weighted by molar-refractivity contribution is -0.111. The van der Waals surface area contributed by atoms with E-state index < -0.39 is 47.1 Å². The Labute approximate surface area is 250 Å². The molecule has 0 atom stereocenters. The lowest BCUT2D eigenvalue weighted by Crippen LogP contribution is -2.13. The number of hydrogen-bond acceptors (Lipinski definition) is 4. The summed E-state index contributed by atoms with van der Waals surface area (Å²) < 4.78 is 82.0. The van der Waals surface area contributed by atoms with E-state index in [4.69, 9.17) is 21.1 Å². The molecule has 1 amide bonds. The Hall–Kier alpha value is -3.90. The van der Waals surface area contributed by atoms with Gasteiger partial charge in [-0.3, -0.25) is 9.48 Å². The first kappa shape index (κ1) is 31.0. The van der Waals surface area contributed by atoms with Crippen LogP contribution in [0.3, 0.4) is 0 Å². The van der Waals surface area contributed by atoms with Crippen molar-refractivity contribution in [2.75, 3.05) is 12.4 Å². The zero-order valence-corrected chi connectivity index (χ0v) is 24.6. The molecular formula is C29H22BrClF5N3O3. The minimum Gasteiger partial charge on any atom is -0.496 e. The number of benzene rings is 3. The average molecular weight is 671 g/mol. The molecule has 0 aliphatic heterocycles. The molecule has 0 aliphatic rings. The summed E-state index contributed by atoms with van der Waals surface area (Å²) in [7, 11) is 1.52. The zero-order chi connectivity index (χ0) is 30.7. The number of halogens is 7. The minimum atomic E-state index is -2.24. The molecule has 1 aromatic heterocycles. The molecule has 0 spiro atoms. The monoisotopic (exact) mass is 669 g/mol. The minimum absolute atomic E-state index is 0.165. The first-order valence-electron chi connectivity index (χ1n) is 12.2. The van der Waals surface area contributed by atoms with E-state index in [0.29, 0.717) is 32.1 Å². The highest BCUT2D eigenvalue weighted by molar-refractivity contribution is 9.10. The highest BCUT2D eigenvalue weighted by atomic mass is 79.9. The van der Waals surface area contributed by atoms with Gasteiger partial charge in [-0.05, 0) is 71.7 Å². The van der Waals surface area contributed by atoms with Crippen LogP contribution in [0.4, 0.5) is 27.6 Å². The fourth-order valence-electron chi connectivity index (χ4n) is 4.07. The van der Waals surface area contributed by atoms with Crippen LogP contribution >= 0.6 is 27.5 Å². The van der Waals surface area contributed by atoms with Crippen LogP contribution < -0.4 is 14.8 Å². The molecule has 0 saturated carbocycles. The van der Waals surface area contributed by atoms with Crippen molar-refractivity contribution in [2.45, 2.75) is 27.0 Å². The maximum Gasteiger partial charge on any atom is 0.248 e. The van der Waals surface area contributed by atoms with Gasteiger partial charge in [-0.1, -0.05) is 17.7 Å². The molecule has 4 aromatic rings. The second kappa shape index (κ2) is 13.0.